The predicted molar refractivity (Wildman–Crippen MR) is 108 cm³/mol. The second-order valence-electron chi connectivity index (χ2n) is 7.42. The lowest BCUT2D eigenvalue weighted by molar-refractivity contribution is -0.120. The molecule has 6 nitrogen and oxygen atoms in total. The summed E-state index contributed by atoms with van der Waals surface area (Å²) in [6, 6.07) is 11.5. The number of carbonyl (C=O) groups is 1. The average molecular weight is 363 g/mol. The number of hydrogen-bond acceptors (Lipinski definition) is 4. The molecule has 1 saturated heterocycles. The zero-order valence-corrected chi connectivity index (χ0v) is 15.8. The number of rotatable bonds is 5. The van der Waals surface area contributed by atoms with E-state index in [1.165, 1.54) is 12.8 Å². The summed E-state index contributed by atoms with van der Waals surface area (Å²) >= 11 is 0. The van der Waals surface area contributed by atoms with E-state index in [0.717, 1.165) is 35.6 Å². The van der Waals surface area contributed by atoms with Crippen LogP contribution in [0.15, 0.2) is 48.9 Å². The molecule has 0 bridgehead atoms. The van der Waals surface area contributed by atoms with Gasteiger partial charge >= 0.3 is 0 Å². The fourth-order valence-corrected chi connectivity index (χ4v) is 3.76. The normalized spacial score (nSPS) is 15.4. The Hall–Kier alpha value is -2.89. The topological polar surface area (TPSA) is 63.1 Å². The molecular formula is C21H25N5O. The Morgan fingerprint density at radius 2 is 1.85 bits per heavy atom. The van der Waals surface area contributed by atoms with Gasteiger partial charge in [0, 0.05) is 13.1 Å². The quantitative estimate of drug-likeness (QED) is 0.747. The van der Waals surface area contributed by atoms with Crippen molar-refractivity contribution in [1.29, 1.82) is 0 Å². The molecule has 0 radical (unpaired) electrons. The highest BCUT2D eigenvalue weighted by Crippen LogP contribution is 2.25. The van der Waals surface area contributed by atoms with Gasteiger partial charge in [0.15, 0.2) is 0 Å². The molecule has 140 valence electrons. The molecule has 1 aliphatic rings. The molecule has 6 heteroatoms. The van der Waals surface area contributed by atoms with Crippen molar-refractivity contribution in [2.45, 2.75) is 32.7 Å². The number of aromatic nitrogens is 3. The summed E-state index contributed by atoms with van der Waals surface area (Å²) < 4.78 is 1.96. The maximum Gasteiger partial charge on any atom is 0.247 e. The smallest absolute Gasteiger partial charge is 0.247 e. The molecule has 0 saturated carbocycles. The molecule has 0 spiro atoms. The first-order valence-electron chi connectivity index (χ1n) is 9.57. The summed E-state index contributed by atoms with van der Waals surface area (Å²) in [5.74, 6) is 1.05. The molecule has 3 aromatic rings. The van der Waals surface area contributed by atoms with Crippen molar-refractivity contribution in [2.75, 3.05) is 23.3 Å². The molecule has 2 aromatic heterocycles. The van der Waals surface area contributed by atoms with Gasteiger partial charge in [0.25, 0.3) is 0 Å². The minimum absolute atomic E-state index is 0.0520. The van der Waals surface area contributed by atoms with E-state index < -0.39 is 0 Å². The van der Waals surface area contributed by atoms with Crippen LogP contribution in [0.2, 0.25) is 0 Å². The van der Waals surface area contributed by atoms with Gasteiger partial charge in [-0.05, 0) is 43.0 Å². The Morgan fingerprint density at radius 1 is 1.07 bits per heavy atom. The monoisotopic (exact) mass is 363 g/mol. The third-order valence-electron chi connectivity index (χ3n) is 5.13. The van der Waals surface area contributed by atoms with Crippen molar-refractivity contribution in [2.24, 2.45) is 5.92 Å². The van der Waals surface area contributed by atoms with E-state index in [9.17, 15) is 4.79 Å². The first-order chi connectivity index (χ1) is 13.1. The highest BCUT2D eigenvalue weighted by Gasteiger charge is 2.26. The lowest BCUT2D eigenvalue weighted by atomic mass is 10.0. The summed E-state index contributed by atoms with van der Waals surface area (Å²) in [6.45, 7) is 6.21. The average Bonchev–Trinajstić information content (AvgIpc) is 3.33. The highest BCUT2D eigenvalue weighted by molar-refractivity contribution is 5.95. The Labute approximate surface area is 159 Å². The summed E-state index contributed by atoms with van der Waals surface area (Å²) in [7, 11) is 0. The van der Waals surface area contributed by atoms with Crippen LogP contribution < -0.4 is 10.2 Å². The lowest BCUT2D eigenvalue weighted by Gasteiger charge is -2.23. The standard InChI is InChI=1S/C21H25N5O/c1-15(2)20(26-14-23-17-7-3-4-8-18(17)26)21(27)24-16-9-10-19(22-13-16)25-11-5-6-12-25/h3-4,7-10,13-15,20H,5-6,11-12H2,1-2H3,(H,24,27)/t20-/m0/s1. The fraction of sp³-hybridized carbons (Fsp3) is 0.381. The Kier molecular flexibility index (Phi) is 4.79. The second kappa shape index (κ2) is 7.39. The van der Waals surface area contributed by atoms with Crippen molar-refractivity contribution in [3.8, 4) is 0 Å². The zero-order valence-electron chi connectivity index (χ0n) is 15.8. The van der Waals surface area contributed by atoms with E-state index >= 15 is 0 Å². The van der Waals surface area contributed by atoms with Crippen LogP contribution in [0.4, 0.5) is 11.5 Å². The molecule has 1 aromatic carbocycles. The van der Waals surface area contributed by atoms with Gasteiger partial charge in [0.05, 0.1) is 29.2 Å². The Bertz CT molecular complexity index is 925. The number of anilines is 2. The number of para-hydroxylation sites is 2. The Balaban J connectivity index is 1.54. The molecule has 1 atom stereocenters. The third kappa shape index (κ3) is 3.52. The number of nitrogens with one attached hydrogen (secondary N) is 1. The van der Waals surface area contributed by atoms with Gasteiger partial charge in [-0.15, -0.1) is 0 Å². The van der Waals surface area contributed by atoms with Crippen molar-refractivity contribution >= 4 is 28.4 Å². The Morgan fingerprint density at radius 3 is 2.56 bits per heavy atom. The van der Waals surface area contributed by atoms with E-state index in [1.807, 2.05) is 54.8 Å². The third-order valence-corrected chi connectivity index (χ3v) is 5.13. The molecule has 1 amide bonds. The van der Waals surface area contributed by atoms with Crippen LogP contribution in [0.3, 0.4) is 0 Å². The molecular weight excluding hydrogens is 338 g/mol. The van der Waals surface area contributed by atoms with E-state index in [1.54, 1.807) is 12.5 Å². The molecule has 1 N–H and O–H groups in total. The van der Waals surface area contributed by atoms with Crippen molar-refractivity contribution < 1.29 is 4.79 Å². The number of nitrogens with zero attached hydrogens (tertiary/aromatic N) is 4. The number of hydrogen-bond donors (Lipinski definition) is 1. The molecule has 4 rings (SSSR count). The first kappa shape index (κ1) is 17.5. The number of benzene rings is 1. The molecule has 1 aliphatic heterocycles. The van der Waals surface area contributed by atoms with Gasteiger partial charge in [-0.3, -0.25) is 4.79 Å². The van der Waals surface area contributed by atoms with Gasteiger partial charge in [-0.1, -0.05) is 26.0 Å². The molecule has 1 fully saturated rings. The molecule has 0 unspecified atom stereocenters. The van der Waals surface area contributed by atoms with Gasteiger partial charge in [0.1, 0.15) is 11.9 Å². The van der Waals surface area contributed by atoms with Crippen LogP contribution in [0.1, 0.15) is 32.7 Å². The van der Waals surface area contributed by atoms with Crippen LogP contribution in [0.25, 0.3) is 11.0 Å². The van der Waals surface area contributed by atoms with Gasteiger partial charge in [-0.25, -0.2) is 9.97 Å². The maximum atomic E-state index is 13.0. The molecule has 3 heterocycles. The summed E-state index contributed by atoms with van der Waals surface area (Å²) in [6.07, 6.45) is 5.93. The maximum absolute atomic E-state index is 13.0. The largest absolute Gasteiger partial charge is 0.357 e. The fourth-order valence-electron chi connectivity index (χ4n) is 3.76. The second-order valence-corrected chi connectivity index (χ2v) is 7.42. The predicted octanol–water partition coefficient (Wildman–Crippen LogP) is 3.87. The van der Waals surface area contributed by atoms with Crippen LogP contribution in [0, 0.1) is 5.92 Å². The zero-order chi connectivity index (χ0) is 18.8. The van der Waals surface area contributed by atoms with Crippen LogP contribution in [0.5, 0.6) is 0 Å². The number of carbonyl (C=O) groups excluding carboxylic acids is 1. The minimum Gasteiger partial charge on any atom is -0.357 e. The van der Waals surface area contributed by atoms with E-state index in [4.69, 9.17) is 0 Å². The van der Waals surface area contributed by atoms with Gasteiger partial charge in [0.2, 0.25) is 5.91 Å². The van der Waals surface area contributed by atoms with Crippen molar-refractivity contribution in [1.82, 2.24) is 14.5 Å². The summed E-state index contributed by atoms with van der Waals surface area (Å²) in [4.78, 5) is 24.3. The first-order valence-corrected chi connectivity index (χ1v) is 9.57. The SMILES string of the molecule is CC(C)[C@@H](C(=O)Nc1ccc(N2CCCC2)nc1)n1cnc2ccccc21. The lowest BCUT2D eigenvalue weighted by Crippen LogP contribution is -2.29. The van der Waals surface area contributed by atoms with Crippen molar-refractivity contribution in [3.63, 3.8) is 0 Å². The number of imidazole rings is 1. The van der Waals surface area contributed by atoms with E-state index in [2.05, 4.69) is 20.2 Å². The van der Waals surface area contributed by atoms with Crippen LogP contribution in [-0.2, 0) is 4.79 Å². The van der Waals surface area contributed by atoms with E-state index in [0.29, 0.717) is 0 Å². The summed E-state index contributed by atoms with van der Waals surface area (Å²) in [5.41, 5.74) is 2.58. The molecule has 27 heavy (non-hydrogen) atoms. The highest BCUT2D eigenvalue weighted by atomic mass is 16.2. The number of fused-ring (bicyclic) bond motifs is 1. The van der Waals surface area contributed by atoms with Crippen LogP contribution >= 0.6 is 0 Å². The van der Waals surface area contributed by atoms with E-state index in [-0.39, 0.29) is 17.9 Å². The van der Waals surface area contributed by atoms with Crippen LogP contribution in [-0.4, -0.2) is 33.5 Å². The van der Waals surface area contributed by atoms with Crippen molar-refractivity contribution in [3.05, 3.63) is 48.9 Å². The number of amides is 1. The van der Waals surface area contributed by atoms with Gasteiger partial charge in [-0.2, -0.15) is 0 Å². The number of pyridine rings is 1. The summed E-state index contributed by atoms with van der Waals surface area (Å²) in [5, 5.41) is 3.03. The minimum atomic E-state index is -0.337. The molecule has 0 aliphatic carbocycles. The van der Waals surface area contributed by atoms with Gasteiger partial charge < -0.3 is 14.8 Å².